The minimum absolute atomic E-state index is 0.0991. The van der Waals surface area contributed by atoms with Crippen LogP contribution in [0.5, 0.6) is 0 Å². The maximum atomic E-state index is 10.3. The standard InChI is InChI=1S/C5H3NOS/c1-2-4-3-8-5(7)6-4/h1,3H,(H,6,7). The van der Waals surface area contributed by atoms with E-state index in [1.54, 1.807) is 5.38 Å². The van der Waals surface area contributed by atoms with Crippen molar-refractivity contribution in [1.82, 2.24) is 4.98 Å². The van der Waals surface area contributed by atoms with Gasteiger partial charge in [-0.25, -0.2) is 0 Å². The SMILES string of the molecule is C#Cc1csc(=O)[nH]1. The number of rotatable bonds is 0. The van der Waals surface area contributed by atoms with Crippen molar-refractivity contribution >= 4 is 11.3 Å². The minimum Gasteiger partial charge on any atom is -0.306 e. The van der Waals surface area contributed by atoms with Gasteiger partial charge in [0.25, 0.3) is 0 Å². The molecular formula is C5H3NOS. The highest BCUT2D eigenvalue weighted by Gasteiger charge is 1.86. The third kappa shape index (κ3) is 0.796. The first kappa shape index (κ1) is 5.13. The molecule has 0 radical (unpaired) electrons. The molecule has 0 aliphatic carbocycles. The molecule has 0 fully saturated rings. The number of terminal acetylenes is 1. The van der Waals surface area contributed by atoms with Crippen LogP contribution in [-0.2, 0) is 0 Å². The lowest BCUT2D eigenvalue weighted by atomic mass is 10.5. The van der Waals surface area contributed by atoms with Crippen molar-refractivity contribution < 1.29 is 0 Å². The molecule has 0 spiro atoms. The normalized spacial score (nSPS) is 8.38. The number of hydrogen-bond donors (Lipinski definition) is 1. The topological polar surface area (TPSA) is 32.9 Å². The molecule has 2 nitrogen and oxygen atoms in total. The van der Waals surface area contributed by atoms with E-state index >= 15 is 0 Å². The lowest BCUT2D eigenvalue weighted by Crippen LogP contribution is -1.91. The van der Waals surface area contributed by atoms with E-state index in [0.717, 1.165) is 11.3 Å². The van der Waals surface area contributed by atoms with E-state index in [1.807, 2.05) is 0 Å². The van der Waals surface area contributed by atoms with Crippen molar-refractivity contribution in [2.24, 2.45) is 0 Å². The third-order valence-electron chi connectivity index (χ3n) is 0.676. The van der Waals surface area contributed by atoms with Gasteiger partial charge in [-0.05, 0) is 0 Å². The summed E-state index contributed by atoms with van der Waals surface area (Å²) in [6.07, 6.45) is 4.95. The average Bonchev–Trinajstić information content (AvgIpc) is 2.14. The number of aromatic nitrogens is 1. The highest BCUT2D eigenvalue weighted by atomic mass is 32.1. The second-order valence-electron chi connectivity index (χ2n) is 1.21. The zero-order valence-corrected chi connectivity index (χ0v) is 4.79. The minimum atomic E-state index is -0.0991. The Bertz CT molecular complexity index is 264. The first-order chi connectivity index (χ1) is 3.83. The lowest BCUT2D eigenvalue weighted by molar-refractivity contribution is 1.31. The summed E-state index contributed by atoms with van der Waals surface area (Å²) < 4.78 is 0. The number of thiazole rings is 1. The second-order valence-corrected chi connectivity index (χ2v) is 2.05. The van der Waals surface area contributed by atoms with E-state index in [9.17, 15) is 4.79 Å². The van der Waals surface area contributed by atoms with Crippen LogP contribution in [0, 0.1) is 12.3 Å². The van der Waals surface area contributed by atoms with Crippen molar-refractivity contribution in [3.8, 4) is 12.3 Å². The predicted molar refractivity (Wildman–Crippen MR) is 32.9 cm³/mol. The summed E-state index contributed by atoms with van der Waals surface area (Å²) in [7, 11) is 0. The van der Waals surface area contributed by atoms with E-state index in [-0.39, 0.29) is 4.87 Å². The Balaban J connectivity index is 3.25. The fraction of sp³-hybridized carbons (Fsp3) is 0. The Morgan fingerprint density at radius 3 is 2.88 bits per heavy atom. The molecule has 1 rings (SSSR count). The second kappa shape index (κ2) is 1.85. The van der Waals surface area contributed by atoms with Crippen LogP contribution in [-0.4, -0.2) is 4.98 Å². The van der Waals surface area contributed by atoms with Crippen molar-refractivity contribution in [2.45, 2.75) is 0 Å². The van der Waals surface area contributed by atoms with Crippen LogP contribution >= 0.6 is 11.3 Å². The van der Waals surface area contributed by atoms with Gasteiger partial charge in [0.05, 0.1) is 0 Å². The highest BCUT2D eigenvalue weighted by molar-refractivity contribution is 7.07. The summed E-state index contributed by atoms with van der Waals surface area (Å²) >= 11 is 1.08. The van der Waals surface area contributed by atoms with Crippen molar-refractivity contribution in [3.63, 3.8) is 0 Å². The van der Waals surface area contributed by atoms with Crippen molar-refractivity contribution in [2.75, 3.05) is 0 Å². The Morgan fingerprint density at radius 2 is 2.62 bits per heavy atom. The third-order valence-corrected chi connectivity index (χ3v) is 1.35. The van der Waals surface area contributed by atoms with Crippen LogP contribution in [0.3, 0.4) is 0 Å². The fourth-order valence-corrected chi connectivity index (χ4v) is 0.872. The van der Waals surface area contributed by atoms with Gasteiger partial charge >= 0.3 is 4.87 Å². The zero-order valence-electron chi connectivity index (χ0n) is 3.97. The van der Waals surface area contributed by atoms with Gasteiger partial charge < -0.3 is 4.98 Å². The Kier molecular flexibility index (Phi) is 1.18. The molecule has 3 heteroatoms. The number of aromatic amines is 1. The van der Waals surface area contributed by atoms with E-state index in [1.165, 1.54) is 0 Å². The molecule has 1 aromatic heterocycles. The first-order valence-corrected chi connectivity index (χ1v) is 2.85. The Hall–Kier alpha value is -1.01. The molecule has 0 aromatic carbocycles. The molecule has 0 unspecified atom stereocenters. The molecule has 1 heterocycles. The average molecular weight is 125 g/mol. The largest absolute Gasteiger partial charge is 0.306 e. The van der Waals surface area contributed by atoms with E-state index in [4.69, 9.17) is 6.42 Å². The maximum Gasteiger partial charge on any atom is 0.305 e. The van der Waals surface area contributed by atoms with Gasteiger partial charge in [0.1, 0.15) is 5.69 Å². The monoisotopic (exact) mass is 125 g/mol. The van der Waals surface area contributed by atoms with Gasteiger partial charge in [-0.3, -0.25) is 4.79 Å². The maximum absolute atomic E-state index is 10.3. The van der Waals surface area contributed by atoms with Crippen LogP contribution in [0.1, 0.15) is 5.69 Å². The van der Waals surface area contributed by atoms with Gasteiger partial charge in [0, 0.05) is 5.38 Å². The highest BCUT2D eigenvalue weighted by Crippen LogP contribution is 1.89. The molecule has 0 aliphatic heterocycles. The van der Waals surface area contributed by atoms with Gasteiger partial charge in [-0.15, -0.1) is 6.42 Å². The molecule has 0 saturated carbocycles. The molecule has 1 aromatic rings. The van der Waals surface area contributed by atoms with Crippen LogP contribution < -0.4 is 4.87 Å². The number of nitrogens with one attached hydrogen (secondary N) is 1. The van der Waals surface area contributed by atoms with Gasteiger partial charge in [0.2, 0.25) is 0 Å². The van der Waals surface area contributed by atoms with E-state index < -0.39 is 0 Å². The summed E-state index contributed by atoms with van der Waals surface area (Å²) in [5.74, 6) is 2.30. The molecule has 0 bridgehead atoms. The van der Waals surface area contributed by atoms with Gasteiger partial charge in [-0.2, -0.15) is 0 Å². The molecule has 8 heavy (non-hydrogen) atoms. The smallest absolute Gasteiger partial charge is 0.305 e. The summed E-state index contributed by atoms with van der Waals surface area (Å²) in [5, 5.41) is 1.61. The lowest BCUT2D eigenvalue weighted by Gasteiger charge is -1.68. The summed E-state index contributed by atoms with van der Waals surface area (Å²) in [6, 6.07) is 0. The summed E-state index contributed by atoms with van der Waals surface area (Å²) in [5.41, 5.74) is 0.556. The fourth-order valence-electron chi connectivity index (χ4n) is 0.351. The molecule has 0 aliphatic rings. The zero-order chi connectivity index (χ0) is 5.98. The molecule has 0 amide bonds. The molecular weight excluding hydrogens is 122 g/mol. The van der Waals surface area contributed by atoms with Gasteiger partial charge in [0.15, 0.2) is 0 Å². The summed E-state index contributed by atoms with van der Waals surface area (Å²) in [6.45, 7) is 0. The molecule has 1 N–H and O–H groups in total. The number of H-pyrrole nitrogens is 1. The summed E-state index contributed by atoms with van der Waals surface area (Å²) in [4.78, 5) is 12.7. The quantitative estimate of drug-likeness (QED) is 0.501. The van der Waals surface area contributed by atoms with Crippen molar-refractivity contribution in [1.29, 1.82) is 0 Å². The Morgan fingerprint density at radius 1 is 1.88 bits per heavy atom. The Labute approximate surface area is 50.2 Å². The van der Waals surface area contributed by atoms with Gasteiger partial charge in [-0.1, -0.05) is 17.3 Å². The first-order valence-electron chi connectivity index (χ1n) is 1.97. The molecule has 0 saturated heterocycles. The molecule has 40 valence electrons. The number of hydrogen-bond acceptors (Lipinski definition) is 2. The van der Waals surface area contributed by atoms with Crippen LogP contribution in [0.2, 0.25) is 0 Å². The van der Waals surface area contributed by atoms with E-state index in [0.29, 0.717) is 5.69 Å². The molecule has 0 atom stereocenters. The van der Waals surface area contributed by atoms with Crippen molar-refractivity contribution in [3.05, 3.63) is 20.7 Å². The van der Waals surface area contributed by atoms with Crippen LogP contribution in [0.4, 0.5) is 0 Å². The van der Waals surface area contributed by atoms with E-state index in [2.05, 4.69) is 10.9 Å². The van der Waals surface area contributed by atoms with Crippen LogP contribution in [0.25, 0.3) is 0 Å². The predicted octanol–water partition coefficient (Wildman–Crippen LogP) is 0.418. The van der Waals surface area contributed by atoms with Crippen LogP contribution in [0.15, 0.2) is 10.2 Å².